The first-order valence-electron chi connectivity index (χ1n) is 6.35. The molecule has 21 heavy (non-hydrogen) atoms. The van der Waals surface area contributed by atoms with Crippen LogP contribution in [0.15, 0.2) is 4.47 Å². The number of hydrogen-bond acceptors (Lipinski definition) is 4. The third kappa shape index (κ3) is 3.42. The number of carbonyl (C=O) groups is 1. The summed E-state index contributed by atoms with van der Waals surface area (Å²) < 4.78 is 1.58. The van der Waals surface area contributed by atoms with Crippen LogP contribution in [0.25, 0.3) is 0 Å². The van der Waals surface area contributed by atoms with Crippen LogP contribution in [0.1, 0.15) is 38.9 Å². The fourth-order valence-corrected chi connectivity index (χ4v) is 2.10. The summed E-state index contributed by atoms with van der Waals surface area (Å²) in [6.07, 6.45) is 5.99. The molecule has 0 aromatic carbocycles. The number of carbonyl (C=O) groups excluding carboxylic acids is 1. The first kappa shape index (κ1) is 17.2. The lowest BCUT2D eigenvalue weighted by Gasteiger charge is -2.25. The molecule has 1 aromatic heterocycles. The molecule has 0 fully saturated rings. The topological polar surface area (TPSA) is 90.1 Å². The molecule has 1 aromatic rings. The lowest BCUT2D eigenvalue weighted by Crippen LogP contribution is -2.47. The van der Waals surface area contributed by atoms with Gasteiger partial charge in [0.05, 0.1) is 16.3 Å². The molecule has 0 aliphatic heterocycles. The molecule has 7 nitrogen and oxygen atoms in total. The van der Waals surface area contributed by atoms with Gasteiger partial charge in [0, 0.05) is 0 Å². The van der Waals surface area contributed by atoms with Crippen molar-refractivity contribution in [3.8, 4) is 12.3 Å². The predicted octanol–water partition coefficient (Wildman–Crippen LogP) is 2.34. The number of nitrogens with one attached hydrogen (secondary N) is 1. The molecule has 0 aliphatic rings. The van der Waals surface area contributed by atoms with E-state index in [4.69, 9.17) is 6.42 Å². The molecule has 8 heteroatoms. The normalized spacial score (nSPS) is 14.9. The van der Waals surface area contributed by atoms with E-state index in [-0.39, 0.29) is 16.2 Å². The zero-order valence-electron chi connectivity index (χ0n) is 12.3. The summed E-state index contributed by atoms with van der Waals surface area (Å²) in [5.74, 6) is 1.88. The molecule has 1 rings (SSSR count). The summed E-state index contributed by atoms with van der Waals surface area (Å²) >= 11 is 3.12. The Morgan fingerprint density at radius 3 is 2.67 bits per heavy atom. The Morgan fingerprint density at radius 1 is 1.71 bits per heavy atom. The number of aromatic nitrogens is 2. The van der Waals surface area contributed by atoms with Crippen LogP contribution in [-0.4, -0.2) is 26.1 Å². The SMILES string of the molecule is C#C[C@](C)(CC)NC(=O)[C@@H](C)n1nc([N+](=O)[O-])c(Br)c1C. The minimum absolute atomic E-state index is 0.266. The molecular weight excluding hydrogens is 340 g/mol. The van der Waals surface area contributed by atoms with E-state index in [1.807, 2.05) is 6.92 Å². The monoisotopic (exact) mass is 356 g/mol. The second-order valence-electron chi connectivity index (χ2n) is 4.92. The van der Waals surface area contributed by atoms with Gasteiger partial charge in [0.2, 0.25) is 5.91 Å². The second-order valence-corrected chi connectivity index (χ2v) is 5.71. The summed E-state index contributed by atoms with van der Waals surface area (Å²) in [7, 11) is 0. The quantitative estimate of drug-likeness (QED) is 0.498. The lowest BCUT2D eigenvalue weighted by molar-refractivity contribution is -0.390. The summed E-state index contributed by atoms with van der Waals surface area (Å²) in [4.78, 5) is 22.5. The number of rotatable bonds is 5. The van der Waals surface area contributed by atoms with Crippen molar-refractivity contribution >= 4 is 27.7 Å². The summed E-state index contributed by atoms with van der Waals surface area (Å²) in [6.45, 7) is 6.86. The fourth-order valence-electron chi connectivity index (χ4n) is 1.69. The van der Waals surface area contributed by atoms with Crippen molar-refractivity contribution in [2.75, 3.05) is 0 Å². The third-order valence-electron chi connectivity index (χ3n) is 3.40. The Bertz CT molecular complexity index is 620. The largest absolute Gasteiger partial charge is 0.404 e. The Labute approximate surface area is 131 Å². The van der Waals surface area contributed by atoms with Gasteiger partial charge < -0.3 is 15.4 Å². The van der Waals surface area contributed by atoms with Crippen molar-refractivity contribution < 1.29 is 9.72 Å². The highest BCUT2D eigenvalue weighted by Crippen LogP contribution is 2.29. The number of hydrogen-bond donors (Lipinski definition) is 1. The average molecular weight is 357 g/mol. The highest BCUT2D eigenvalue weighted by molar-refractivity contribution is 9.10. The highest BCUT2D eigenvalue weighted by atomic mass is 79.9. The standard InChI is InChI=1S/C13H17BrN4O3/c1-6-13(5,7-2)15-12(19)9(4)17-8(3)10(14)11(16-17)18(20)21/h1,9H,7H2,2-5H3,(H,15,19)/t9-,13-/m1/s1. The van der Waals surface area contributed by atoms with Gasteiger partial charge in [0.1, 0.15) is 10.5 Å². The molecule has 0 aliphatic carbocycles. The van der Waals surface area contributed by atoms with E-state index in [0.29, 0.717) is 12.1 Å². The van der Waals surface area contributed by atoms with Crippen molar-refractivity contribution in [1.82, 2.24) is 15.1 Å². The van der Waals surface area contributed by atoms with Crippen LogP contribution in [0, 0.1) is 29.4 Å². The molecule has 0 bridgehead atoms. The van der Waals surface area contributed by atoms with Gasteiger partial charge in [0.25, 0.3) is 0 Å². The molecule has 0 radical (unpaired) electrons. The van der Waals surface area contributed by atoms with Crippen LogP contribution in [0.4, 0.5) is 5.82 Å². The van der Waals surface area contributed by atoms with Crippen molar-refractivity contribution in [2.45, 2.75) is 45.7 Å². The molecule has 1 amide bonds. The molecule has 0 saturated carbocycles. The first-order chi connectivity index (χ1) is 9.66. The summed E-state index contributed by atoms with van der Waals surface area (Å²) in [5.41, 5.74) is -0.251. The molecule has 0 spiro atoms. The van der Waals surface area contributed by atoms with Gasteiger partial charge in [-0.1, -0.05) is 12.8 Å². The van der Waals surface area contributed by atoms with Gasteiger partial charge in [-0.15, -0.1) is 6.42 Å². The Kier molecular flexibility index (Phi) is 5.12. The maximum atomic E-state index is 12.3. The molecule has 0 unspecified atom stereocenters. The van der Waals surface area contributed by atoms with E-state index in [2.05, 4.69) is 32.3 Å². The van der Waals surface area contributed by atoms with Gasteiger partial charge in [-0.05, 0) is 48.0 Å². The highest BCUT2D eigenvalue weighted by Gasteiger charge is 2.31. The predicted molar refractivity (Wildman–Crippen MR) is 81.7 cm³/mol. The van der Waals surface area contributed by atoms with Gasteiger partial charge in [-0.3, -0.25) is 4.79 Å². The molecule has 1 N–H and O–H groups in total. The molecule has 0 saturated heterocycles. The van der Waals surface area contributed by atoms with Crippen LogP contribution < -0.4 is 5.32 Å². The van der Waals surface area contributed by atoms with E-state index >= 15 is 0 Å². The summed E-state index contributed by atoms with van der Waals surface area (Å²) in [5, 5.41) is 17.5. The van der Waals surface area contributed by atoms with E-state index in [9.17, 15) is 14.9 Å². The molecule has 2 atom stereocenters. The van der Waals surface area contributed by atoms with Crippen molar-refractivity contribution in [3.63, 3.8) is 0 Å². The van der Waals surface area contributed by atoms with Crippen molar-refractivity contribution in [2.24, 2.45) is 0 Å². The third-order valence-corrected chi connectivity index (χ3v) is 4.33. The van der Waals surface area contributed by atoms with Crippen LogP contribution in [0.3, 0.4) is 0 Å². The lowest BCUT2D eigenvalue weighted by atomic mass is 10.00. The van der Waals surface area contributed by atoms with E-state index < -0.39 is 16.5 Å². The number of halogens is 1. The van der Waals surface area contributed by atoms with Crippen LogP contribution in [0.2, 0.25) is 0 Å². The molecule has 1 heterocycles. The number of nitro groups is 1. The van der Waals surface area contributed by atoms with Gasteiger partial charge in [0.15, 0.2) is 0 Å². The van der Waals surface area contributed by atoms with Gasteiger partial charge in [-0.2, -0.15) is 4.68 Å². The zero-order valence-corrected chi connectivity index (χ0v) is 13.9. The Balaban J connectivity index is 3.07. The first-order valence-corrected chi connectivity index (χ1v) is 7.15. The van der Waals surface area contributed by atoms with Crippen LogP contribution >= 0.6 is 15.9 Å². The number of terminal acetylenes is 1. The minimum atomic E-state index is -0.754. The smallest absolute Gasteiger partial charge is 0.358 e. The molecular formula is C13H17BrN4O3. The maximum Gasteiger partial charge on any atom is 0.404 e. The van der Waals surface area contributed by atoms with E-state index in [1.165, 1.54) is 4.68 Å². The fraction of sp³-hybridized carbons (Fsp3) is 0.538. The van der Waals surface area contributed by atoms with Crippen LogP contribution in [0.5, 0.6) is 0 Å². The Morgan fingerprint density at radius 2 is 2.29 bits per heavy atom. The summed E-state index contributed by atoms with van der Waals surface area (Å²) in [6, 6.07) is -0.714. The zero-order chi connectivity index (χ0) is 16.4. The van der Waals surface area contributed by atoms with Crippen molar-refractivity contribution in [3.05, 3.63) is 20.3 Å². The maximum absolute atomic E-state index is 12.3. The number of nitrogens with zero attached hydrogens (tertiary/aromatic N) is 3. The van der Waals surface area contributed by atoms with Gasteiger partial charge >= 0.3 is 5.82 Å². The average Bonchev–Trinajstić information content (AvgIpc) is 2.74. The van der Waals surface area contributed by atoms with Crippen molar-refractivity contribution in [1.29, 1.82) is 0 Å². The second kappa shape index (κ2) is 6.26. The Hall–Kier alpha value is -1.88. The van der Waals surface area contributed by atoms with Gasteiger partial charge in [-0.25, -0.2) is 0 Å². The number of amides is 1. The molecule has 114 valence electrons. The van der Waals surface area contributed by atoms with E-state index in [1.54, 1.807) is 20.8 Å². The van der Waals surface area contributed by atoms with Crippen LogP contribution in [-0.2, 0) is 4.79 Å². The van der Waals surface area contributed by atoms with E-state index in [0.717, 1.165) is 0 Å². The minimum Gasteiger partial charge on any atom is -0.358 e.